The zero-order chi connectivity index (χ0) is 16.2. The Morgan fingerprint density at radius 1 is 1.36 bits per heavy atom. The molecule has 5 nitrogen and oxygen atoms in total. The van der Waals surface area contributed by atoms with Gasteiger partial charge in [0, 0.05) is 12.5 Å². The molecular weight excluding hydrogens is 302 g/mol. The van der Waals surface area contributed by atoms with E-state index in [0.29, 0.717) is 25.9 Å². The van der Waals surface area contributed by atoms with Gasteiger partial charge >= 0.3 is 0 Å². The first-order chi connectivity index (χ1) is 10.4. The molecule has 2 rings (SSSR count). The second-order valence-corrected chi connectivity index (χ2v) is 8.05. The molecule has 0 unspecified atom stereocenters. The summed E-state index contributed by atoms with van der Waals surface area (Å²) in [5.74, 6) is 0.849. The van der Waals surface area contributed by atoms with Gasteiger partial charge in [0.15, 0.2) is 9.84 Å². The number of carbonyl (C=O) groups is 1. The van der Waals surface area contributed by atoms with Crippen molar-refractivity contribution in [3.8, 4) is 5.75 Å². The lowest BCUT2D eigenvalue weighted by Gasteiger charge is -2.16. The van der Waals surface area contributed by atoms with E-state index in [0.717, 1.165) is 11.3 Å². The van der Waals surface area contributed by atoms with Crippen LogP contribution in [0.2, 0.25) is 0 Å². The van der Waals surface area contributed by atoms with Gasteiger partial charge in [0.1, 0.15) is 5.75 Å². The zero-order valence-electron chi connectivity index (χ0n) is 13.0. The van der Waals surface area contributed by atoms with E-state index in [-0.39, 0.29) is 17.7 Å². The molecule has 1 saturated heterocycles. The molecule has 1 aromatic carbocycles. The largest absolute Gasteiger partial charge is 0.494 e. The van der Waals surface area contributed by atoms with Crippen LogP contribution in [0.4, 0.5) is 0 Å². The van der Waals surface area contributed by atoms with E-state index in [9.17, 15) is 13.2 Å². The number of aryl methyl sites for hydroxylation is 1. The van der Waals surface area contributed by atoms with Crippen LogP contribution in [0.25, 0.3) is 0 Å². The third-order valence-electron chi connectivity index (χ3n) is 4.09. The van der Waals surface area contributed by atoms with Gasteiger partial charge in [-0.05, 0) is 38.3 Å². The van der Waals surface area contributed by atoms with Crippen molar-refractivity contribution >= 4 is 15.7 Å². The van der Waals surface area contributed by atoms with Crippen LogP contribution >= 0.6 is 0 Å². The van der Waals surface area contributed by atoms with Gasteiger partial charge in [-0.1, -0.05) is 18.2 Å². The van der Waals surface area contributed by atoms with Gasteiger partial charge < -0.3 is 10.1 Å². The van der Waals surface area contributed by atoms with Crippen molar-refractivity contribution in [1.82, 2.24) is 5.32 Å². The SMILES string of the molecule is CCOc1ccccc1CCC(=O)N[C@H]1CCS(=O)(=O)[C@H]1C. The van der Waals surface area contributed by atoms with E-state index in [1.165, 1.54) is 0 Å². The molecule has 22 heavy (non-hydrogen) atoms. The molecule has 0 bridgehead atoms. The van der Waals surface area contributed by atoms with Crippen LogP contribution in [-0.2, 0) is 21.1 Å². The van der Waals surface area contributed by atoms with Crippen molar-refractivity contribution in [2.75, 3.05) is 12.4 Å². The summed E-state index contributed by atoms with van der Waals surface area (Å²) in [6.07, 6.45) is 1.41. The van der Waals surface area contributed by atoms with Gasteiger partial charge in [-0.3, -0.25) is 4.79 Å². The van der Waals surface area contributed by atoms with Gasteiger partial charge in [0.05, 0.1) is 17.6 Å². The summed E-state index contributed by atoms with van der Waals surface area (Å²) in [6.45, 7) is 4.17. The van der Waals surface area contributed by atoms with E-state index in [4.69, 9.17) is 4.74 Å². The minimum atomic E-state index is -3.04. The van der Waals surface area contributed by atoms with Crippen molar-refractivity contribution in [3.63, 3.8) is 0 Å². The fourth-order valence-electron chi connectivity index (χ4n) is 2.69. The van der Waals surface area contributed by atoms with Crippen LogP contribution in [0, 0.1) is 0 Å². The number of benzene rings is 1. The van der Waals surface area contributed by atoms with Gasteiger partial charge in [0.25, 0.3) is 0 Å². The summed E-state index contributed by atoms with van der Waals surface area (Å²) in [5.41, 5.74) is 0.992. The minimum Gasteiger partial charge on any atom is -0.494 e. The number of carbonyl (C=O) groups excluding carboxylic acids is 1. The Morgan fingerprint density at radius 2 is 2.09 bits per heavy atom. The number of hydrogen-bond donors (Lipinski definition) is 1. The van der Waals surface area contributed by atoms with E-state index in [1.807, 2.05) is 31.2 Å². The Kier molecular flexibility index (Phi) is 5.45. The smallest absolute Gasteiger partial charge is 0.220 e. The number of nitrogens with one attached hydrogen (secondary N) is 1. The third-order valence-corrected chi connectivity index (χ3v) is 6.35. The maximum Gasteiger partial charge on any atom is 0.220 e. The van der Waals surface area contributed by atoms with Crippen LogP contribution in [0.1, 0.15) is 32.3 Å². The molecule has 1 aliphatic rings. The molecule has 1 amide bonds. The summed E-state index contributed by atoms with van der Waals surface area (Å²) in [7, 11) is -3.04. The Hall–Kier alpha value is -1.56. The Bertz CT molecular complexity index is 627. The maximum absolute atomic E-state index is 12.1. The molecule has 0 radical (unpaired) electrons. The summed E-state index contributed by atoms with van der Waals surface area (Å²) in [6, 6.07) is 7.39. The topological polar surface area (TPSA) is 72.5 Å². The number of amides is 1. The number of rotatable bonds is 6. The lowest BCUT2D eigenvalue weighted by molar-refractivity contribution is -0.121. The zero-order valence-corrected chi connectivity index (χ0v) is 13.9. The fraction of sp³-hybridized carbons (Fsp3) is 0.562. The standard InChI is InChI=1S/C16H23NO4S/c1-3-21-15-7-5-4-6-13(15)8-9-16(18)17-14-10-11-22(19,20)12(14)2/h4-7,12,14H,3,8-11H2,1-2H3,(H,17,18)/t12-,14-/m0/s1. The van der Waals surface area contributed by atoms with Crippen LogP contribution < -0.4 is 10.1 Å². The second kappa shape index (κ2) is 7.13. The maximum atomic E-state index is 12.1. The normalized spacial score (nSPS) is 23.2. The first-order valence-electron chi connectivity index (χ1n) is 7.65. The molecular formula is C16H23NO4S. The Morgan fingerprint density at radius 3 is 2.73 bits per heavy atom. The molecule has 1 aliphatic heterocycles. The third kappa shape index (κ3) is 4.00. The Labute approximate surface area is 132 Å². The fourth-order valence-corrected chi connectivity index (χ4v) is 4.34. The van der Waals surface area contributed by atoms with Gasteiger partial charge in [-0.15, -0.1) is 0 Å². The number of sulfone groups is 1. The molecule has 2 atom stereocenters. The second-order valence-electron chi connectivity index (χ2n) is 5.58. The lowest BCUT2D eigenvalue weighted by atomic mass is 10.1. The predicted octanol–water partition coefficient (Wildman–Crippen LogP) is 1.71. The predicted molar refractivity (Wildman–Crippen MR) is 85.7 cm³/mol. The first kappa shape index (κ1) is 16.8. The van der Waals surface area contributed by atoms with Crippen molar-refractivity contribution < 1.29 is 17.9 Å². The molecule has 1 N–H and O–H groups in total. The molecule has 1 fully saturated rings. The summed E-state index contributed by atoms with van der Waals surface area (Å²) < 4.78 is 28.9. The van der Waals surface area contributed by atoms with Crippen LogP contribution in [0.3, 0.4) is 0 Å². The van der Waals surface area contributed by atoms with Crippen LogP contribution in [-0.4, -0.2) is 38.0 Å². The number of hydrogen-bond acceptors (Lipinski definition) is 4. The van der Waals surface area contributed by atoms with Crippen molar-refractivity contribution in [2.24, 2.45) is 0 Å². The Balaban J connectivity index is 1.89. The summed E-state index contributed by atoms with van der Waals surface area (Å²) >= 11 is 0. The highest BCUT2D eigenvalue weighted by Gasteiger charge is 2.37. The van der Waals surface area contributed by atoms with Gasteiger partial charge in [-0.2, -0.15) is 0 Å². The molecule has 0 spiro atoms. The summed E-state index contributed by atoms with van der Waals surface area (Å²) in [5, 5.41) is 2.35. The van der Waals surface area contributed by atoms with Crippen LogP contribution in [0.15, 0.2) is 24.3 Å². The average molecular weight is 325 g/mol. The highest BCUT2D eigenvalue weighted by molar-refractivity contribution is 7.92. The minimum absolute atomic E-state index is 0.111. The van der Waals surface area contributed by atoms with Crippen molar-refractivity contribution in [3.05, 3.63) is 29.8 Å². The van der Waals surface area contributed by atoms with E-state index >= 15 is 0 Å². The van der Waals surface area contributed by atoms with E-state index < -0.39 is 15.1 Å². The molecule has 1 heterocycles. The van der Waals surface area contributed by atoms with Gasteiger partial charge in [-0.25, -0.2) is 8.42 Å². The lowest BCUT2D eigenvalue weighted by Crippen LogP contribution is -2.40. The highest BCUT2D eigenvalue weighted by atomic mass is 32.2. The van der Waals surface area contributed by atoms with Crippen molar-refractivity contribution in [2.45, 2.75) is 44.4 Å². The average Bonchev–Trinajstić information content (AvgIpc) is 2.74. The molecule has 1 aromatic rings. The van der Waals surface area contributed by atoms with E-state index in [2.05, 4.69) is 5.32 Å². The van der Waals surface area contributed by atoms with Crippen LogP contribution in [0.5, 0.6) is 5.75 Å². The van der Waals surface area contributed by atoms with E-state index in [1.54, 1.807) is 6.92 Å². The quantitative estimate of drug-likeness (QED) is 0.864. The molecule has 6 heteroatoms. The summed E-state index contributed by atoms with van der Waals surface area (Å²) in [4.78, 5) is 12.1. The first-order valence-corrected chi connectivity index (χ1v) is 9.37. The number of para-hydroxylation sites is 1. The number of ether oxygens (including phenoxy) is 1. The highest BCUT2D eigenvalue weighted by Crippen LogP contribution is 2.21. The van der Waals surface area contributed by atoms with Gasteiger partial charge in [0.2, 0.25) is 5.91 Å². The molecule has 0 aromatic heterocycles. The molecule has 0 saturated carbocycles. The molecule has 122 valence electrons. The monoisotopic (exact) mass is 325 g/mol. The van der Waals surface area contributed by atoms with Crippen molar-refractivity contribution in [1.29, 1.82) is 0 Å². The molecule has 0 aliphatic carbocycles.